The minimum Gasteiger partial charge on any atom is -0.497 e. The van der Waals surface area contributed by atoms with E-state index in [2.05, 4.69) is 5.32 Å². The van der Waals surface area contributed by atoms with Crippen molar-refractivity contribution in [3.8, 4) is 5.75 Å². The Morgan fingerprint density at radius 1 is 1.14 bits per heavy atom. The Kier molecular flexibility index (Phi) is 9.24. The van der Waals surface area contributed by atoms with Gasteiger partial charge < -0.3 is 15.0 Å². The standard InChI is InChI=1S/C26H34ClN3O5S/c1-18-9-12-21(27)15-24(18)30(36(4,33)34)17-25(31)29(16-20-10-13-23(35-3)14-11-20)19(2)26(32)28-22-7-5-6-8-22/h9-15,19,22H,5-8,16-17H2,1-4H3,(H,28,32)/t19-/m0/s1. The number of carbonyl (C=O) groups is 2. The Hall–Kier alpha value is -2.78. The van der Waals surface area contributed by atoms with Gasteiger partial charge in [-0.25, -0.2) is 8.42 Å². The molecule has 1 N–H and O–H groups in total. The molecule has 1 aliphatic carbocycles. The van der Waals surface area contributed by atoms with Crippen molar-refractivity contribution >= 4 is 39.1 Å². The summed E-state index contributed by atoms with van der Waals surface area (Å²) in [5.41, 5.74) is 1.77. The van der Waals surface area contributed by atoms with Crippen LogP contribution in [0.3, 0.4) is 0 Å². The van der Waals surface area contributed by atoms with Crippen LogP contribution in [0.1, 0.15) is 43.7 Å². The van der Waals surface area contributed by atoms with E-state index in [1.165, 1.54) is 11.0 Å². The Morgan fingerprint density at radius 3 is 2.36 bits per heavy atom. The van der Waals surface area contributed by atoms with E-state index in [4.69, 9.17) is 16.3 Å². The van der Waals surface area contributed by atoms with Crippen molar-refractivity contribution in [2.24, 2.45) is 0 Å². The van der Waals surface area contributed by atoms with E-state index in [0.717, 1.165) is 41.8 Å². The molecule has 0 heterocycles. The first kappa shape index (κ1) is 27.8. The summed E-state index contributed by atoms with van der Waals surface area (Å²) in [6, 6.07) is 11.4. The van der Waals surface area contributed by atoms with Gasteiger partial charge in [0.15, 0.2) is 0 Å². The molecule has 0 saturated heterocycles. The average Bonchev–Trinajstić information content (AvgIpc) is 3.34. The molecule has 0 aliphatic heterocycles. The van der Waals surface area contributed by atoms with Crippen LogP contribution in [-0.2, 0) is 26.2 Å². The Morgan fingerprint density at radius 2 is 1.78 bits per heavy atom. The predicted molar refractivity (Wildman–Crippen MR) is 142 cm³/mol. The topological polar surface area (TPSA) is 96.0 Å². The number of hydrogen-bond donors (Lipinski definition) is 1. The van der Waals surface area contributed by atoms with E-state index in [1.54, 1.807) is 45.2 Å². The Labute approximate surface area is 218 Å². The first-order valence-electron chi connectivity index (χ1n) is 12.0. The number of nitrogens with zero attached hydrogens (tertiary/aromatic N) is 2. The van der Waals surface area contributed by atoms with Crippen molar-refractivity contribution in [2.75, 3.05) is 24.2 Å². The van der Waals surface area contributed by atoms with E-state index < -0.39 is 28.5 Å². The molecule has 8 nitrogen and oxygen atoms in total. The average molecular weight is 536 g/mol. The zero-order chi connectivity index (χ0) is 26.5. The summed E-state index contributed by atoms with van der Waals surface area (Å²) in [4.78, 5) is 28.2. The summed E-state index contributed by atoms with van der Waals surface area (Å²) in [7, 11) is -2.25. The van der Waals surface area contributed by atoms with Gasteiger partial charge in [0, 0.05) is 17.6 Å². The van der Waals surface area contributed by atoms with Gasteiger partial charge in [0.05, 0.1) is 19.1 Å². The summed E-state index contributed by atoms with van der Waals surface area (Å²) >= 11 is 6.14. The first-order valence-corrected chi connectivity index (χ1v) is 14.2. The smallest absolute Gasteiger partial charge is 0.244 e. The molecule has 2 amide bonds. The van der Waals surface area contributed by atoms with Crippen LogP contribution in [0.4, 0.5) is 5.69 Å². The number of aryl methyl sites for hydroxylation is 1. The third-order valence-electron chi connectivity index (χ3n) is 6.50. The summed E-state index contributed by atoms with van der Waals surface area (Å²) in [5.74, 6) is -0.0818. The minimum atomic E-state index is -3.82. The number of benzene rings is 2. The summed E-state index contributed by atoms with van der Waals surface area (Å²) in [5, 5.41) is 3.41. The number of methoxy groups -OCH3 is 1. The van der Waals surface area contributed by atoms with E-state index in [1.807, 2.05) is 12.1 Å². The van der Waals surface area contributed by atoms with E-state index >= 15 is 0 Å². The van der Waals surface area contributed by atoms with E-state index in [9.17, 15) is 18.0 Å². The lowest BCUT2D eigenvalue weighted by atomic mass is 10.1. The third kappa shape index (κ3) is 7.13. The number of halogens is 1. The van der Waals surface area contributed by atoms with Crippen LogP contribution in [0.2, 0.25) is 5.02 Å². The largest absolute Gasteiger partial charge is 0.497 e. The molecule has 10 heteroatoms. The second kappa shape index (κ2) is 12.0. The van der Waals surface area contributed by atoms with Gasteiger partial charge in [0.1, 0.15) is 18.3 Å². The van der Waals surface area contributed by atoms with Gasteiger partial charge >= 0.3 is 0 Å². The molecule has 2 aromatic carbocycles. The summed E-state index contributed by atoms with van der Waals surface area (Å²) < 4.78 is 31.7. The molecule has 2 aromatic rings. The van der Waals surface area contributed by atoms with Crippen molar-refractivity contribution in [3.63, 3.8) is 0 Å². The van der Waals surface area contributed by atoms with Crippen molar-refractivity contribution in [2.45, 2.75) is 58.2 Å². The molecule has 0 radical (unpaired) electrons. The number of nitrogens with one attached hydrogen (secondary N) is 1. The summed E-state index contributed by atoms with van der Waals surface area (Å²) in [6.07, 6.45) is 5.01. The fourth-order valence-corrected chi connectivity index (χ4v) is 5.41. The van der Waals surface area contributed by atoms with Crippen LogP contribution in [0.25, 0.3) is 0 Å². The highest BCUT2D eigenvalue weighted by Crippen LogP contribution is 2.27. The third-order valence-corrected chi connectivity index (χ3v) is 7.86. The molecular formula is C26H34ClN3O5S. The lowest BCUT2D eigenvalue weighted by Crippen LogP contribution is -2.52. The highest BCUT2D eigenvalue weighted by atomic mass is 35.5. The molecule has 1 atom stereocenters. The lowest BCUT2D eigenvalue weighted by molar-refractivity contribution is -0.139. The van der Waals surface area contributed by atoms with Gasteiger partial charge in [-0.05, 0) is 62.1 Å². The molecule has 196 valence electrons. The van der Waals surface area contributed by atoms with Crippen molar-refractivity contribution in [3.05, 3.63) is 58.6 Å². The second-order valence-electron chi connectivity index (χ2n) is 9.24. The molecule has 1 fully saturated rings. The monoisotopic (exact) mass is 535 g/mol. The number of sulfonamides is 1. The molecule has 1 aliphatic rings. The van der Waals surface area contributed by atoms with Gasteiger partial charge in [-0.15, -0.1) is 0 Å². The first-order chi connectivity index (χ1) is 17.0. The van der Waals surface area contributed by atoms with Crippen LogP contribution in [0.15, 0.2) is 42.5 Å². The Bertz CT molecular complexity index is 1180. The maximum atomic E-state index is 13.7. The number of amides is 2. The highest BCUT2D eigenvalue weighted by Gasteiger charge is 2.31. The van der Waals surface area contributed by atoms with Gasteiger partial charge in [-0.1, -0.05) is 42.6 Å². The van der Waals surface area contributed by atoms with Crippen LogP contribution in [-0.4, -0.2) is 57.1 Å². The normalized spacial score (nSPS) is 14.8. The van der Waals surface area contributed by atoms with Crippen LogP contribution in [0.5, 0.6) is 5.75 Å². The number of rotatable bonds is 10. The van der Waals surface area contributed by atoms with E-state index in [-0.39, 0.29) is 18.5 Å². The van der Waals surface area contributed by atoms with Crippen molar-refractivity contribution in [1.82, 2.24) is 10.2 Å². The minimum absolute atomic E-state index is 0.0968. The number of carbonyl (C=O) groups excluding carboxylic acids is 2. The van der Waals surface area contributed by atoms with Crippen LogP contribution in [0, 0.1) is 6.92 Å². The van der Waals surface area contributed by atoms with Gasteiger partial charge in [0.2, 0.25) is 21.8 Å². The number of hydrogen-bond acceptors (Lipinski definition) is 5. The van der Waals surface area contributed by atoms with Gasteiger partial charge in [0.25, 0.3) is 0 Å². The summed E-state index contributed by atoms with van der Waals surface area (Å²) in [6.45, 7) is 3.09. The van der Waals surface area contributed by atoms with E-state index in [0.29, 0.717) is 22.0 Å². The maximum Gasteiger partial charge on any atom is 0.244 e. The SMILES string of the molecule is COc1ccc(CN(C(=O)CN(c2cc(Cl)ccc2C)S(C)(=O)=O)[C@@H](C)C(=O)NC2CCCC2)cc1. The number of anilines is 1. The van der Waals surface area contributed by atoms with Gasteiger partial charge in [-0.2, -0.15) is 0 Å². The fraction of sp³-hybridized carbons (Fsp3) is 0.462. The van der Waals surface area contributed by atoms with Crippen molar-refractivity contribution in [1.29, 1.82) is 0 Å². The maximum absolute atomic E-state index is 13.7. The van der Waals surface area contributed by atoms with Crippen LogP contribution >= 0.6 is 11.6 Å². The molecule has 3 rings (SSSR count). The molecule has 0 aromatic heterocycles. The van der Waals surface area contributed by atoms with Crippen molar-refractivity contribution < 1.29 is 22.7 Å². The molecule has 0 spiro atoms. The lowest BCUT2D eigenvalue weighted by Gasteiger charge is -2.32. The fourth-order valence-electron chi connectivity index (χ4n) is 4.35. The highest BCUT2D eigenvalue weighted by molar-refractivity contribution is 7.92. The molecule has 0 bridgehead atoms. The predicted octanol–water partition coefficient (Wildman–Crippen LogP) is 3.90. The zero-order valence-corrected chi connectivity index (χ0v) is 22.7. The Balaban J connectivity index is 1.90. The van der Waals surface area contributed by atoms with Crippen LogP contribution < -0.4 is 14.4 Å². The second-order valence-corrected chi connectivity index (χ2v) is 11.6. The van der Waals surface area contributed by atoms with Gasteiger partial charge in [-0.3, -0.25) is 13.9 Å². The molecular weight excluding hydrogens is 502 g/mol. The molecule has 1 saturated carbocycles. The quantitative estimate of drug-likeness (QED) is 0.498. The number of ether oxygens (including phenoxy) is 1. The zero-order valence-electron chi connectivity index (χ0n) is 21.2. The molecule has 36 heavy (non-hydrogen) atoms. The molecule has 0 unspecified atom stereocenters.